The van der Waals surface area contributed by atoms with Crippen LogP contribution in [0, 0.1) is 0 Å². The minimum absolute atomic E-state index is 0.117. The molecule has 5 aromatic rings. The van der Waals surface area contributed by atoms with Crippen molar-refractivity contribution in [1.82, 2.24) is 19.2 Å². The van der Waals surface area contributed by atoms with Gasteiger partial charge in [-0.3, -0.25) is 9.47 Å². The van der Waals surface area contributed by atoms with Gasteiger partial charge >= 0.3 is 12.2 Å². The summed E-state index contributed by atoms with van der Waals surface area (Å²) in [6, 6.07) is 15.1. The van der Waals surface area contributed by atoms with Gasteiger partial charge in [0.1, 0.15) is 17.0 Å². The molecule has 0 fully saturated rings. The number of aromatic nitrogens is 4. The number of hydrogen-bond acceptors (Lipinski definition) is 8. The Hall–Kier alpha value is -5.06. The van der Waals surface area contributed by atoms with Gasteiger partial charge in [0.2, 0.25) is 6.79 Å². The summed E-state index contributed by atoms with van der Waals surface area (Å²) < 4.78 is 26.3. The minimum atomic E-state index is -0.754. The Labute approximate surface area is 274 Å². The van der Waals surface area contributed by atoms with Gasteiger partial charge in [0.15, 0.2) is 17.1 Å². The second-order valence-corrected chi connectivity index (χ2v) is 13.9. The summed E-state index contributed by atoms with van der Waals surface area (Å²) in [6.07, 6.45) is 2.98. The Morgan fingerprint density at radius 1 is 0.979 bits per heavy atom. The van der Waals surface area contributed by atoms with Gasteiger partial charge < -0.3 is 18.9 Å². The van der Waals surface area contributed by atoms with Crippen LogP contribution < -0.4 is 14.4 Å². The number of para-hydroxylation sites is 2. The van der Waals surface area contributed by atoms with E-state index in [9.17, 15) is 9.59 Å². The molecular formula is C36H41N5O6. The van der Waals surface area contributed by atoms with Crippen molar-refractivity contribution < 1.29 is 28.5 Å². The number of fused-ring (bicyclic) bond motifs is 3. The van der Waals surface area contributed by atoms with Gasteiger partial charge in [-0.25, -0.2) is 14.6 Å². The highest BCUT2D eigenvalue weighted by Gasteiger charge is 2.29. The Kier molecular flexibility index (Phi) is 8.11. The third kappa shape index (κ3) is 6.47. The summed E-state index contributed by atoms with van der Waals surface area (Å²) >= 11 is 0. The first-order valence-corrected chi connectivity index (χ1v) is 15.8. The van der Waals surface area contributed by atoms with Gasteiger partial charge in [-0.15, -0.1) is 0 Å². The van der Waals surface area contributed by atoms with Gasteiger partial charge in [0.25, 0.3) is 0 Å². The topological polar surface area (TPSA) is 109 Å². The van der Waals surface area contributed by atoms with Crippen molar-refractivity contribution in [3.05, 3.63) is 72.1 Å². The Bertz CT molecular complexity index is 1980. The van der Waals surface area contributed by atoms with Crippen molar-refractivity contribution in [2.45, 2.75) is 78.9 Å². The Morgan fingerprint density at radius 2 is 1.72 bits per heavy atom. The molecule has 6 rings (SSSR count). The molecule has 0 spiro atoms. The fourth-order valence-corrected chi connectivity index (χ4v) is 5.59. The molecule has 0 unspecified atom stereocenters. The van der Waals surface area contributed by atoms with Gasteiger partial charge in [-0.2, -0.15) is 9.61 Å². The van der Waals surface area contributed by atoms with Crippen molar-refractivity contribution in [2.24, 2.45) is 0 Å². The van der Waals surface area contributed by atoms with Crippen LogP contribution in [0.4, 0.5) is 15.4 Å². The summed E-state index contributed by atoms with van der Waals surface area (Å²) in [6.45, 7) is 15.5. The maximum Gasteiger partial charge on any atom is 0.419 e. The zero-order valence-corrected chi connectivity index (χ0v) is 28.2. The molecule has 1 amide bonds. The monoisotopic (exact) mass is 639 g/mol. The first-order valence-electron chi connectivity index (χ1n) is 15.8. The quantitative estimate of drug-likeness (QED) is 0.184. The normalized spacial score (nSPS) is 13.0. The molecule has 0 atom stereocenters. The first-order chi connectivity index (χ1) is 22.2. The zero-order valence-electron chi connectivity index (χ0n) is 28.2. The number of benzene rings is 2. The summed E-state index contributed by atoms with van der Waals surface area (Å²) in [5.41, 5.74) is 3.09. The number of hydrogen-bond donors (Lipinski definition) is 0. The van der Waals surface area contributed by atoms with Crippen LogP contribution in [0.2, 0.25) is 0 Å². The van der Waals surface area contributed by atoms with Gasteiger partial charge in [0, 0.05) is 35.3 Å². The van der Waals surface area contributed by atoms with Crippen LogP contribution in [0.15, 0.2) is 60.9 Å². The van der Waals surface area contributed by atoms with Crippen LogP contribution >= 0.6 is 0 Å². The fraction of sp³-hybridized carbons (Fsp3) is 0.389. The van der Waals surface area contributed by atoms with E-state index < -0.39 is 23.4 Å². The van der Waals surface area contributed by atoms with Crippen LogP contribution in [0.3, 0.4) is 0 Å². The molecule has 2 aromatic carbocycles. The second kappa shape index (κ2) is 11.9. The van der Waals surface area contributed by atoms with E-state index in [4.69, 9.17) is 29.0 Å². The Morgan fingerprint density at radius 3 is 2.45 bits per heavy atom. The SMILES string of the molecule is CC(C)c1cnn2c(N(CCc3cn(C(=O)OC(C)(C)C)c4ccccc34)C(=O)OC(C)(C)C)cc(-c3cccc4c3OCO4)nc12. The molecule has 3 aromatic heterocycles. The summed E-state index contributed by atoms with van der Waals surface area (Å²) in [7, 11) is 0. The highest BCUT2D eigenvalue weighted by Crippen LogP contribution is 2.42. The predicted molar refractivity (Wildman–Crippen MR) is 179 cm³/mol. The largest absolute Gasteiger partial charge is 0.454 e. The molecule has 4 heterocycles. The molecule has 1 aliphatic rings. The van der Waals surface area contributed by atoms with Gasteiger partial charge in [0.05, 0.1) is 17.4 Å². The van der Waals surface area contributed by atoms with Crippen LogP contribution in [0.5, 0.6) is 11.5 Å². The number of nitrogens with zero attached hydrogens (tertiary/aromatic N) is 5. The fourth-order valence-electron chi connectivity index (χ4n) is 5.59. The van der Waals surface area contributed by atoms with E-state index in [1.807, 2.05) is 90.1 Å². The molecule has 0 radical (unpaired) electrons. The van der Waals surface area contributed by atoms with Gasteiger partial charge in [-0.1, -0.05) is 38.1 Å². The molecule has 1 aliphatic heterocycles. The van der Waals surface area contributed by atoms with Crippen molar-refractivity contribution in [3.63, 3.8) is 0 Å². The number of amides is 1. The van der Waals surface area contributed by atoms with E-state index in [0.717, 1.165) is 27.6 Å². The lowest BCUT2D eigenvalue weighted by Crippen LogP contribution is -2.39. The smallest absolute Gasteiger partial charge is 0.419 e. The average Bonchev–Trinajstić information content (AvgIpc) is 3.72. The molecule has 0 bridgehead atoms. The number of ether oxygens (including phenoxy) is 4. The van der Waals surface area contributed by atoms with Crippen LogP contribution in [0.25, 0.3) is 27.8 Å². The Balaban J connectivity index is 1.47. The number of carbonyl (C=O) groups excluding carboxylic acids is 2. The standard InChI is InChI=1S/C36H41N5O6/c1-22(2)26-19-37-41-30(18-27(38-32(26)41)25-13-11-15-29-31(25)45-21-44-29)39(33(42)46-35(3,4)5)17-16-23-20-40(34(43)47-36(6,7)8)28-14-10-9-12-24(23)28/h9-15,18-20,22H,16-17,21H2,1-8H3. The number of carbonyl (C=O) groups is 2. The van der Waals surface area contributed by atoms with Gasteiger partial charge in [-0.05, 0) is 77.6 Å². The molecule has 11 nitrogen and oxygen atoms in total. The van der Waals surface area contributed by atoms with E-state index in [0.29, 0.717) is 35.1 Å². The van der Waals surface area contributed by atoms with Crippen molar-refractivity contribution in [1.29, 1.82) is 0 Å². The molecule has 0 N–H and O–H groups in total. The second-order valence-electron chi connectivity index (χ2n) is 13.9. The summed E-state index contributed by atoms with van der Waals surface area (Å²) in [5.74, 6) is 1.84. The molecule has 0 saturated carbocycles. The molecule has 0 aliphatic carbocycles. The van der Waals surface area contributed by atoms with Crippen LogP contribution in [0.1, 0.15) is 72.4 Å². The van der Waals surface area contributed by atoms with E-state index in [1.165, 1.54) is 4.57 Å². The van der Waals surface area contributed by atoms with E-state index in [1.54, 1.807) is 21.8 Å². The first kappa shape index (κ1) is 31.9. The van der Waals surface area contributed by atoms with Crippen molar-refractivity contribution >= 4 is 34.6 Å². The van der Waals surface area contributed by atoms with Crippen LogP contribution in [-0.4, -0.2) is 55.9 Å². The summed E-state index contributed by atoms with van der Waals surface area (Å²) in [4.78, 5) is 33.8. The predicted octanol–water partition coefficient (Wildman–Crippen LogP) is 7.97. The van der Waals surface area contributed by atoms with E-state index in [-0.39, 0.29) is 19.3 Å². The molecule has 11 heteroatoms. The van der Waals surface area contributed by atoms with Crippen LogP contribution in [-0.2, 0) is 15.9 Å². The number of rotatable bonds is 6. The lowest BCUT2D eigenvalue weighted by Gasteiger charge is -2.28. The highest BCUT2D eigenvalue weighted by molar-refractivity contribution is 5.93. The minimum Gasteiger partial charge on any atom is -0.454 e. The zero-order chi connectivity index (χ0) is 33.7. The third-order valence-corrected chi connectivity index (χ3v) is 7.65. The highest BCUT2D eigenvalue weighted by atomic mass is 16.7. The molecule has 0 saturated heterocycles. The van der Waals surface area contributed by atoms with E-state index in [2.05, 4.69) is 13.8 Å². The number of anilines is 1. The molecular weight excluding hydrogens is 598 g/mol. The molecule has 246 valence electrons. The summed E-state index contributed by atoms with van der Waals surface area (Å²) in [5, 5.41) is 5.59. The van der Waals surface area contributed by atoms with Crippen molar-refractivity contribution in [2.75, 3.05) is 18.2 Å². The molecule has 47 heavy (non-hydrogen) atoms. The van der Waals surface area contributed by atoms with Crippen molar-refractivity contribution in [3.8, 4) is 22.8 Å². The lowest BCUT2D eigenvalue weighted by molar-refractivity contribution is 0.0540. The van der Waals surface area contributed by atoms with E-state index >= 15 is 0 Å². The third-order valence-electron chi connectivity index (χ3n) is 7.65. The maximum absolute atomic E-state index is 14.1. The average molecular weight is 640 g/mol. The lowest BCUT2D eigenvalue weighted by atomic mass is 10.1. The maximum atomic E-state index is 14.1.